The molecule has 0 spiro atoms. The first-order chi connectivity index (χ1) is 8.58. The Bertz CT molecular complexity index is 424. The van der Waals surface area contributed by atoms with Gasteiger partial charge in [0.05, 0.1) is 6.61 Å². The highest BCUT2D eigenvalue weighted by Crippen LogP contribution is 2.11. The van der Waals surface area contributed by atoms with Gasteiger partial charge in [-0.25, -0.2) is 4.39 Å². The highest BCUT2D eigenvalue weighted by molar-refractivity contribution is 5.98. The van der Waals surface area contributed by atoms with E-state index in [2.05, 4.69) is 10.5 Å². The van der Waals surface area contributed by atoms with Gasteiger partial charge in [-0.1, -0.05) is 11.2 Å². The van der Waals surface area contributed by atoms with E-state index in [4.69, 9.17) is 15.7 Å². The molecule has 0 aliphatic carbocycles. The summed E-state index contributed by atoms with van der Waals surface area (Å²) in [5.74, 6) is -0.531. The SMILES string of the molecule is COCC(C)NCc1ccc(F)cc1/C(N)=N/O. The van der Waals surface area contributed by atoms with Crippen LogP contribution in [0.25, 0.3) is 0 Å². The summed E-state index contributed by atoms with van der Waals surface area (Å²) in [5, 5.41) is 14.8. The third-order valence-corrected chi connectivity index (χ3v) is 2.51. The van der Waals surface area contributed by atoms with Crippen molar-refractivity contribution in [1.82, 2.24) is 5.32 Å². The zero-order valence-electron chi connectivity index (χ0n) is 10.5. The molecule has 0 aliphatic heterocycles. The Morgan fingerprint density at radius 1 is 1.61 bits per heavy atom. The van der Waals surface area contributed by atoms with Crippen LogP contribution in [0.2, 0.25) is 0 Å². The van der Waals surface area contributed by atoms with Crippen molar-refractivity contribution in [1.29, 1.82) is 0 Å². The van der Waals surface area contributed by atoms with Crippen molar-refractivity contribution in [2.75, 3.05) is 13.7 Å². The van der Waals surface area contributed by atoms with Gasteiger partial charge in [-0.15, -0.1) is 0 Å². The predicted octanol–water partition coefficient (Wildman–Crippen LogP) is 1.04. The van der Waals surface area contributed by atoms with E-state index in [1.165, 1.54) is 12.1 Å². The molecule has 0 aliphatic rings. The Morgan fingerprint density at radius 2 is 2.33 bits per heavy atom. The standard InChI is InChI=1S/C12H18FN3O2/c1-8(7-18-2)15-6-9-3-4-10(13)5-11(9)12(14)16-17/h3-5,8,15,17H,6-7H2,1-2H3,(H2,14,16). The molecule has 0 heterocycles. The van der Waals surface area contributed by atoms with E-state index in [9.17, 15) is 4.39 Å². The zero-order chi connectivity index (χ0) is 13.5. The van der Waals surface area contributed by atoms with Crippen LogP contribution in [0.15, 0.2) is 23.4 Å². The Kier molecular flexibility index (Phi) is 5.54. The van der Waals surface area contributed by atoms with Crippen molar-refractivity contribution in [2.24, 2.45) is 10.9 Å². The van der Waals surface area contributed by atoms with Gasteiger partial charge in [0.15, 0.2) is 5.84 Å². The van der Waals surface area contributed by atoms with E-state index in [0.717, 1.165) is 5.56 Å². The van der Waals surface area contributed by atoms with Crippen LogP contribution < -0.4 is 11.1 Å². The van der Waals surface area contributed by atoms with Crippen LogP contribution in [0, 0.1) is 5.82 Å². The topological polar surface area (TPSA) is 79.9 Å². The van der Waals surface area contributed by atoms with Crippen molar-refractivity contribution in [3.8, 4) is 0 Å². The lowest BCUT2D eigenvalue weighted by Gasteiger charge is -2.14. The number of hydrogen-bond donors (Lipinski definition) is 3. The van der Waals surface area contributed by atoms with Gasteiger partial charge >= 0.3 is 0 Å². The number of ether oxygens (including phenoxy) is 1. The van der Waals surface area contributed by atoms with Gasteiger partial charge in [0.25, 0.3) is 0 Å². The molecule has 0 bridgehead atoms. The van der Waals surface area contributed by atoms with Gasteiger partial charge in [-0.2, -0.15) is 0 Å². The van der Waals surface area contributed by atoms with Crippen LogP contribution in [0.4, 0.5) is 4.39 Å². The van der Waals surface area contributed by atoms with Gasteiger partial charge in [-0.05, 0) is 24.6 Å². The minimum atomic E-state index is -0.426. The maximum absolute atomic E-state index is 13.1. The summed E-state index contributed by atoms with van der Waals surface area (Å²) in [6, 6.07) is 4.34. The van der Waals surface area contributed by atoms with Gasteiger partial charge in [0.1, 0.15) is 5.82 Å². The molecule has 0 amide bonds. The summed E-state index contributed by atoms with van der Waals surface area (Å²) >= 11 is 0. The van der Waals surface area contributed by atoms with E-state index >= 15 is 0 Å². The van der Waals surface area contributed by atoms with Crippen LogP contribution in [-0.2, 0) is 11.3 Å². The van der Waals surface area contributed by atoms with Crippen LogP contribution in [0.1, 0.15) is 18.1 Å². The van der Waals surface area contributed by atoms with E-state index < -0.39 is 5.82 Å². The van der Waals surface area contributed by atoms with Crippen molar-refractivity contribution >= 4 is 5.84 Å². The first kappa shape index (κ1) is 14.4. The molecule has 0 saturated heterocycles. The highest BCUT2D eigenvalue weighted by atomic mass is 19.1. The van der Waals surface area contributed by atoms with E-state index in [1.807, 2.05) is 6.92 Å². The molecule has 1 rings (SSSR count). The number of amidine groups is 1. The lowest BCUT2D eigenvalue weighted by Crippen LogP contribution is -2.30. The molecule has 0 radical (unpaired) electrons. The minimum Gasteiger partial charge on any atom is -0.409 e. The average molecular weight is 255 g/mol. The molecule has 6 heteroatoms. The second-order valence-electron chi connectivity index (χ2n) is 4.02. The lowest BCUT2D eigenvalue weighted by atomic mass is 10.1. The molecular formula is C12H18FN3O2. The summed E-state index contributed by atoms with van der Waals surface area (Å²) in [7, 11) is 1.62. The molecular weight excluding hydrogens is 237 g/mol. The maximum atomic E-state index is 13.1. The number of methoxy groups -OCH3 is 1. The molecule has 18 heavy (non-hydrogen) atoms. The third-order valence-electron chi connectivity index (χ3n) is 2.51. The number of rotatable bonds is 6. The van der Waals surface area contributed by atoms with Crippen molar-refractivity contribution in [3.05, 3.63) is 35.1 Å². The molecule has 0 saturated carbocycles. The van der Waals surface area contributed by atoms with E-state index in [0.29, 0.717) is 18.7 Å². The largest absolute Gasteiger partial charge is 0.409 e. The third kappa shape index (κ3) is 3.97. The van der Waals surface area contributed by atoms with Gasteiger partial charge < -0.3 is 21.0 Å². The smallest absolute Gasteiger partial charge is 0.170 e. The number of oxime groups is 1. The maximum Gasteiger partial charge on any atom is 0.170 e. The number of nitrogens with one attached hydrogen (secondary N) is 1. The minimum absolute atomic E-state index is 0.106. The number of nitrogens with two attached hydrogens (primary N) is 1. The average Bonchev–Trinajstić information content (AvgIpc) is 2.36. The van der Waals surface area contributed by atoms with Gasteiger partial charge in [-0.3, -0.25) is 0 Å². The highest BCUT2D eigenvalue weighted by Gasteiger charge is 2.09. The van der Waals surface area contributed by atoms with Crippen molar-refractivity contribution < 1.29 is 14.3 Å². The quantitative estimate of drug-likeness (QED) is 0.307. The molecule has 1 atom stereocenters. The molecule has 1 unspecified atom stereocenters. The Labute approximate surface area is 105 Å². The number of hydrogen-bond acceptors (Lipinski definition) is 4. The van der Waals surface area contributed by atoms with E-state index in [-0.39, 0.29) is 11.9 Å². The fraction of sp³-hybridized carbons (Fsp3) is 0.417. The second kappa shape index (κ2) is 6.93. The second-order valence-corrected chi connectivity index (χ2v) is 4.02. The Hall–Kier alpha value is -1.66. The molecule has 5 nitrogen and oxygen atoms in total. The predicted molar refractivity (Wildman–Crippen MR) is 67.1 cm³/mol. The molecule has 1 aromatic carbocycles. The van der Waals surface area contributed by atoms with Crippen LogP contribution in [0.3, 0.4) is 0 Å². The number of halogens is 1. The molecule has 0 fully saturated rings. The lowest BCUT2D eigenvalue weighted by molar-refractivity contribution is 0.171. The molecule has 1 aromatic rings. The zero-order valence-corrected chi connectivity index (χ0v) is 10.5. The summed E-state index contributed by atoms with van der Waals surface area (Å²) in [6.45, 7) is 3.02. The van der Waals surface area contributed by atoms with Gasteiger partial charge in [0.2, 0.25) is 0 Å². The fourth-order valence-corrected chi connectivity index (χ4v) is 1.59. The normalized spacial score (nSPS) is 13.6. The first-order valence-electron chi connectivity index (χ1n) is 5.57. The van der Waals surface area contributed by atoms with Crippen LogP contribution in [-0.4, -0.2) is 30.8 Å². The molecule has 0 aromatic heterocycles. The van der Waals surface area contributed by atoms with Crippen LogP contribution in [0.5, 0.6) is 0 Å². The summed E-state index contributed by atoms with van der Waals surface area (Å²) in [5.41, 5.74) is 6.65. The number of nitrogens with zero attached hydrogens (tertiary/aromatic N) is 1. The summed E-state index contributed by atoms with van der Waals surface area (Å²) < 4.78 is 18.1. The summed E-state index contributed by atoms with van der Waals surface area (Å²) in [4.78, 5) is 0. The molecule has 4 N–H and O–H groups in total. The van der Waals surface area contributed by atoms with Crippen molar-refractivity contribution in [2.45, 2.75) is 19.5 Å². The molecule has 100 valence electrons. The Morgan fingerprint density at radius 3 is 2.94 bits per heavy atom. The van der Waals surface area contributed by atoms with Gasteiger partial charge in [0, 0.05) is 25.3 Å². The summed E-state index contributed by atoms with van der Waals surface area (Å²) in [6.07, 6.45) is 0. The van der Waals surface area contributed by atoms with Crippen molar-refractivity contribution in [3.63, 3.8) is 0 Å². The number of benzene rings is 1. The first-order valence-corrected chi connectivity index (χ1v) is 5.57. The Balaban J connectivity index is 2.82. The fourth-order valence-electron chi connectivity index (χ4n) is 1.59. The monoisotopic (exact) mass is 255 g/mol. The van der Waals surface area contributed by atoms with Crippen LogP contribution >= 0.6 is 0 Å². The van der Waals surface area contributed by atoms with E-state index in [1.54, 1.807) is 13.2 Å².